The second-order valence-corrected chi connectivity index (χ2v) is 5.45. The zero-order valence-corrected chi connectivity index (χ0v) is 12.1. The molecule has 1 heterocycles. The molecule has 1 aliphatic rings. The fraction of sp³-hybridized carbons (Fsp3) is 0.235. The summed E-state index contributed by atoms with van der Waals surface area (Å²) in [6, 6.07) is 8.00. The van der Waals surface area contributed by atoms with Gasteiger partial charge in [0.2, 0.25) is 0 Å². The number of anilines is 2. The molecule has 0 bridgehead atoms. The first-order valence-corrected chi connectivity index (χ1v) is 6.95. The molecule has 0 fully saturated rings. The van der Waals surface area contributed by atoms with Gasteiger partial charge in [-0.3, -0.25) is 4.79 Å². The van der Waals surface area contributed by atoms with E-state index < -0.39 is 0 Å². The van der Waals surface area contributed by atoms with Crippen molar-refractivity contribution in [2.75, 3.05) is 17.2 Å². The molecule has 3 rings (SSSR count). The van der Waals surface area contributed by atoms with E-state index in [4.69, 9.17) is 5.73 Å². The molecule has 108 valence electrons. The fourth-order valence-electron chi connectivity index (χ4n) is 2.91. The largest absolute Gasteiger partial charge is 0.398 e. The predicted octanol–water partition coefficient (Wildman–Crippen LogP) is 3.23. The van der Waals surface area contributed by atoms with Crippen molar-refractivity contribution in [1.29, 1.82) is 0 Å². The summed E-state index contributed by atoms with van der Waals surface area (Å²) >= 11 is 0. The number of carbonyl (C=O) groups is 1. The number of carbonyl (C=O) groups excluding carboxylic acids is 1. The van der Waals surface area contributed by atoms with Crippen molar-refractivity contribution in [1.82, 2.24) is 0 Å². The Labute approximate surface area is 123 Å². The number of nitrogen functional groups attached to an aromatic ring is 1. The molecule has 1 amide bonds. The lowest BCUT2D eigenvalue weighted by atomic mass is 9.91. The van der Waals surface area contributed by atoms with Crippen LogP contribution in [0.1, 0.15) is 27.0 Å². The molecule has 3 nitrogen and oxygen atoms in total. The van der Waals surface area contributed by atoms with Crippen LogP contribution in [0.5, 0.6) is 0 Å². The van der Waals surface area contributed by atoms with Crippen LogP contribution < -0.4 is 10.6 Å². The van der Waals surface area contributed by atoms with Crippen LogP contribution in [0.2, 0.25) is 0 Å². The third-order valence-electron chi connectivity index (χ3n) is 4.12. The summed E-state index contributed by atoms with van der Waals surface area (Å²) in [5.74, 6) is -0.369. The molecule has 4 heteroatoms. The standard InChI is InChI=1S/C17H17FN2O/c1-10-9-12-7-8-20(14-5-3-13(18)4-6-14)17(21)15(12)11(2)16(10)19/h3-6,9H,7-8,19H2,1-2H3. The highest BCUT2D eigenvalue weighted by Gasteiger charge is 2.28. The van der Waals surface area contributed by atoms with Crippen LogP contribution in [0.3, 0.4) is 0 Å². The molecule has 2 aromatic rings. The molecular weight excluding hydrogens is 267 g/mol. The second-order valence-electron chi connectivity index (χ2n) is 5.45. The van der Waals surface area contributed by atoms with E-state index in [2.05, 4.69) is 0 Å². The maximum Gasteiger partial charge on any atom is 0.258 e. The van der Waals surface area contributed by atoms with Crippen molar-refractivity contribution < 1.29 is 9.18 Å². The molecule has 0 aliphatic carbocycles. The Morgan fingerprint density at radius 1 is 1.19 bits per heavy atom. The molecule has 21 heavy (non-hydrogen) atoms. The topological polar surface area (TPSA) is 46.3 Å². The number of hydrogen-bond donors (Lipinski definition) is 1. The van der Waals surface area contributed by atoms with Crippen molar-refractivity contribution in [2.24, 2.45) is 0 Å². The normalized spacial score (nSPS) is 14.2. The van der Waals surface area contributed by atoms with E-state index in [0.717, 1.165) is 23.1 Å². The van der Waals surface area contributed by atoms with E-state index in [-0.39, 0.29) is 11.7 Å². The first-order valence-electron chi connectivity index (χ1n) is 6.95. The number of hydrogen-bond acceptors (Lipinski definition) is 2. The van der Waals surface area contributed by atoms with Gasteiger partial charge in [0.25, 0.3) is 5.91 Å². The smallest absolute Gasteiger partial charge is 0.258 e. The molecule has 0 saturated carbocycles. The Morgan fingerprint density at radius 3 is 2.52 bits per heavy atom. The lowest BCUT2D eigenvalue weighted by Crippen LogP contribution is -2.38. The summed E-state index contributed by atoms with van der Waals surface area (Å²) in [7, 11) is 0. The number of nitrogens with zero attached hydrogens (tertiary/aromatic N) is 1. The van der Waals surface area contributed by atoms with Gasteiger partial charge in [-0.05, 0) is 61.2 Å². The van der Waals surface area contributed by atoms with E-state index in [1.54, 1.807) is 17.0 Å². The van der Waals surface area contributed by atoms with Crippen LogP contribution in [-0.2, 0) is 6.42 Å². The summed E-state index contributed by atoms with van der Waals surface area (Å²) in [6.45, 7) is 4.44. The van der Waals surface area contributed by atoms with Crippen LogP contribution >= 0.6 is 0 Å². The average molecular weight is 284 g/mol. The number of benzene rings is 2. The maximum atomic E-state index is 13.0. The van der Waals surface area contributed by atoms with Gasteiger partial charge in [0.05, 0.1) is 0 Å². The number of nitrogens with two attached hydrogens (primary N) is 1. The van der Waals surface area contributed by atoms with Gasteiger partial charge in [0.15, 0.2) is 0 Å². The van der Waals surface area contributed by atoms with Crippen LogP contribution in [0.15, 0.2) is 30.3 Å². The Hall–Kier alpha value is -2.36. The summed E-state index contributed by atoms with van der Waals surface area (Å²) in [4.78, 5) is 14.4. The van der Waals surface area contributed by atoms with Gasteiger partial charge in [-0.2, -0.15) is 0 Å². The monoisotopic (exact) mass is 284 g/mol. The predicted molar refractivity (Wildman–Crippen MR) is 82.1 cm³/mol. The van der Waals surface area contributed by atoms with Crippen LogP contribution in [0, 0.1) is 19.7 Å². The highest BCUT2D eigenvalue weighted by molar-refractivity contribution is 6.10. The first kappa shape index (κ1) is 13.6. The van der Waals surface area contributed by atoms with Gasteiger partial charge in [0, 0.05) is 23.5 Å². The van der Waals surface area contributed by atoms with Crippen LogP contribution in [0.4, 0.5) is 15.8 Å². The third-order valence-corrected chi connectivity index (χ3v) is 4.12. The van der Waals surface area contributed by atoms with Gasteiger partial charge in [-0.15, -0.1) is 0 Å². The summed E-state index contributed by atoms with van der Waals surface area (Å²) in [5, 5.41) is 0. The van der Waals surface area contributed by atoms with E-state index in [0.29, 0.717) is 23.5 Å². The van der Waals surface area contributed by atoms with Crippen molar-refractivity contribution in [3.05, 3.63) is 58.4 Å². The minimum Gasteiger partial charge on any atom is -0.398 e. The molecule has 0 aromatic heterocycles. The molecule has 0 atom stereocenters. The van der Waals surface area contributed by atoms with Gasteiger partial charge in [-0.25, -0.2) is 4.39 Å². The van der Waals surface area contributed by atoms with Gasteiger partial charge < -0.3 is 10.6 Å². The summed E-state index contributed by atoms with van der Waals surface area (Å²) in [5.41, 5.74) is 11.0. The Kier molecular flexibility index (Phi) is 3.16. The number of aryl methyl sites for hydroxylation is 1. The van der Waals surface area contributed by atoms with E-state index in [1.807, 2.05) is 19.9 Å². The van der Waals surface area contributed by atoms with Crippen LogP contribution in [-0.4, -0.2) is 12.5 Å². The van der Waals surface area contributed by atoms with Gasteiger partial charge in [0.1, 0.15) is 5.82 Å². The van der Waals surface area contributed by atoms with Crippen molar-refractivity contribution in [3.63, 3.8) is 0 Å². The SMILES string of the molecule is Cc1cc2c(c(C)c1N)C(=O)N(c1ccc(F)cc1)CC2. The fourth-order valence-corrected chi connectivity index (χ4v) is 2.91. The van der Waals surface area contributed by atoms with Crippen LogP contribution in [0.25, 0.3) is 0 Å². The number of halogens is 1. The zero-order valence-electron chi connectivity index (χ0n) is 12.1. The maximum absolute atomic E-state index is 13.0. The quantitative estimate of drug-likeness (QED) is 0.817. The summed E-state index contributed by atoms with van der Waals surface area (Å²) in [6.07, 6.45) is 0.778. The van der Waals surface area contributed by atoms with Crippen molar-refractivity contribution >= 4 is 17.3 Å². The lowest BCUT2D eigenvalue weighted by molar-refractivity contribution is 0.0980. The second kappa shape index (κ2) is 4.88. The van der Waals surface area contributed by atoms with Crippen molar-refractivity contribution in [3.8, 4) is 0 Å². The number of amides is 1. The molecule has 2 N–H and O–H groups in total. The Morgan fingerprint density at radius 2 is 1.86 bits per heavy atom. The molecule has 0 spiro atoms. The molecule has 0 radical (unpaired) electrons. The van der Waals surface area contributed by atoms with Crippen molar-refractivity contribution in [2.45, 2.75) is 20.3 Å². The Balaban J connectivity index is 2.06. The van der Waals surface area contributed by atoms with E-state index >= 15 is 0 Å². The molecule has 1 aliphatic heterocycles. The lowest BCUT2D eigenvalue weighted by Gasteiger charge is -2.30. The minimum atomic E-state index is -0.306. The summed E-state index contributed by atoms with van der Waals surface area (Å²) < 4.78 is 13.0. The first-order chi connectivity index (χ1) is 9.99. The third kappa shape index (κ3) is 2.17. The van der Waals surface area contributed by atoms with E-state index in [9.17, 15) is 9.18 Å². The van der Waals surface area contributed by atoms with Gasteiger partial charge in [-0.1, -0.05) is 6.07 Å². The molecule has 0 saturated heterocycles. The molecule has 2 aromatic carbocycles. The number of fused-ring (bicyclic) bond motifs is 1. The van der Waals surface area contributed by atoms with Gasteiger partial charge >= 0.3 is 0 Å². The zero-order chi connectivity index (χ0) is 15.1. The highest BCUT2D eigenvalue weighted by Crippen LogP contribution is 2.31. The minimum absolute atomic E-state index is 0.0629. The molecular formula is C17H17FN2O. The average Bonchev–Trinajstić information content (AvgIpc) is 2.46. The van der Waals surface area contributed by atoms with E-state index in [1.165, 1.54) is 12.1 Å². The molecule has 0 unspecified atom stereocenters. The number of rotatable bonds is 1. The Bertz CT molecular complexity index is 723. The highest BCUT2D eigenvalue weighted by atomic mass is 19.1.